The molecule has 1 saturated heterocycles. The molecule has 0 N–H and O–H groups in total. The largest absolute Gasteiger partial charge is 0.469 e. The Balaban J connectivity index is 1.96. The number of nitrogens with zero attached hydrogens (tertiary/aromatic N) is 2. The Bertz CT molecular complexity index is 449. The highest BCUT2D eigenvalue weighted by molar-refractivity contribution is 5.78. The molecule has 2 rings (SSSR count). The maximum atomic E-state index is 12.1. The van der Waals surface area contributed by atoms with Crippen molar-refractivity contribution >= 4 is 5.97 Å². The molecular weight excluding hydrogens is 264 g/mol. The third-order valence-corrected chi connectivity index (χ3v) is 4.24. The van der Waals surface area contributed by atoms with Gasteiger partial charge in [0.25, 0.3) is 0 Å². The number of ether oxygens (including phenoxy) is 1. The second kappa shape index (κ2) is 7.57. The fourth-order valence-electron chi connectivity index (χ4n) is 3.15. The van der Waals surface area contributed by atoms with Crippen molar-refractivity contribution in [3.8, 4) is 0 Å². The fraction of sp³-hybridized carbons (Fsp3) is 0.588. The van der Waals surface area contributed by atoms with E-state index >= 15 is 0 Å². The predicted octanol–water partition coefficient (Wildman–Crippen LogP) is 1.83. The first kappa shape index (κ1) is 16.0. The lowest BCUT2D eigenvalue weighted by atomic mass is 9.98. The van der Waals surface area contributed by atoms with Gasteiger partial charge in [0.05, 0.1) is 13.0 Å². The minimum Gasteiger partial charge on any atom is -0.469 e. The summed E-state index contributed by atoms with van der Waals surface area (Å²) in [7, 11) is 5.72. The van der Waals surface area contributed by atoms with Crippen LogP contribution in [0, 0.1) is 5.92 Å². The van der Waals surface area contributed by atoms with Gasteiger partial charge in [-0.05, 0) is 38.5 Å². The molecule has 116 valence electrons. The highest BCUT2D eigenvalue weighted by Crippen LogP contribution is 2.20. The number of rotatable bonds is 6. The number of likely N-dealkylation sites (N-methyl/N-ethyl adjacent to an activating group) is 1. The van der Waals surface area contributed by atoms with Crippen LogP contribution in [0.3, 0.4) is 0 Å². The molecule has 1 fully saturated rings. The van der Waals surface area contributed by atoms with Crippen LogP contribution in [0.25, 0.3) is 0 Å². The number of likely N-dealkylation sites (tertiary alicyclic amines) is 1. The van der Waals surface area contributed by atoms with Crippen molar-refractivity contribution in [1.29, 1.82) is 0 Å². The normalized spacial score (nSPS) is 20.7. The quantitative estimate of drug-likeness (QED) is 0.748. The summed E-state index contributed by atoms with van der Waals surface area (Å²) in [6.45, 7) is 4.07. The molecular formula is C17H26N2O2. The standard InChI is InChI=1S/C17H26N2O2/c1-18-10-9-14(11-18)12-19(2)13-16(17(20)21-3)15-7-5-4-6-8-15/h4-8,14,16H,9-13H2,1-3H3. The molecule has 0 spiro atoms. The maximum Gasteiger partial charge on any atom is 0.314 e. The lowest BCUT2D eigenvalue weighted by Crippen LogP contribution is -2.33. The Morgan fingerprint density at radius 1 is 1.43 bits per heavy atom. The van der Waals surface area contributed by atoms with E-state index in [4.69, 9.17) is 4.74 Å². The maximum absolute atomic E-state index is 12.1. The summed E-state index contributed by atoms with van der Waals surface area (Å²) in [6, 6.07) is 9.90. The molecule has 0 bridgehead atoms. The monoisotopic (exact) mass is 290 g/mol. The zero-order valence-corrected chi connectivity index (χ0v) is 13.3. The molecule has 21 heavy (non-hydrogen) atoms. The Hall–Kier alpha value is -1.39. The number of carbonyl (C=O) groups is 1. The molecule has 4 heteroatoms. The Morgan fingerprint density at radius 2 is 2.14 bits per heavy atom. The van der Waals surface area contributed by atoms with Crippen molar-refractivity contribution in [1.82, 2.24) is 9.80 Å². The van der Waals surface area contributed by atoms with E-state index in [2.05, 4.69) is 23.9 Å². The van der Waals surface area contributed by atoms with E-state index in [1.807, 2.05) is 30.3 Å². The van der Waals surface area contributed by atoms with Crippen LogP contribution in [0.1, 0.15) is 17.9 Å². The van der Waals surface area contributed by atoms with Gasteiger partial charge in [-0.25, -0.2) is 0 Å². The summed E-state index contributed by atoms with van der Waals surface area (Å²) in [4.78, 5) is 16.7. The Kier molecular flexibility index (Phi) is 5.76. The van der Waals surface area contributed by atoms with Crippen LogP contribution in [-0.4, -0.2) is 63.2 Å². The fourth-order valence-corrected chi connectivity index (χ4v) is 3.15. The Morgan fingerprint density at radius 3 is 2.71 bits per heavy atom. The summed E-state index contributed by atoms with van der Waals surface area (Å²) in [5.74, 6) is 0.339. The number of esters is 1. The number of carbonyl (C=O) groups excluding carboxylic acids is 1. The van der Waals surface area contributed by atoms with Gasteiger partial charge in [0.2, 0.25) is 0 Å². The van der Waals surface area contributed by atoms with Crippen molar-refractivity contribution < 1.29 is 9.53 Å². The first-order chi connectivity index (χ1) is 10.1. The molecule has 1 aromatic carbocycles. The van der Waals surface area contributed by atoms with Crippen molar-refractivity contribution in [2.45, 2.75) is 12.3 Å². The first-order valence-corrected chi connectivity index (χ1v) is 7.60. The van der Waals surface area contributed by atoms with E-state index in [0.29, 0.717) is 12.5 Å². The molecule has 0 aliphatic carbocycles. The van der Waals surface area contributed by atoms with Crippen LogP contribution in [0.4, 0.5) is 0 Å². The Labute approximate surface area is 127 Å². The molecule has 2 atom stereocenters. The first-order valence-electron chi connectivity index (χ1n) is 7.60. The van der Waals surface area contributed by atoms with Gasteiger partial charge in [0.15, 0.2) is 0 Å². The van der Waals surface area contributed by atoms with Crippen molar-refractivity contribution in [3.63, 3.8) is 0 Å². The van der Waals surface area contributed by atoms with Crippen molar-refractivity contribution in [3.05, 3.63) is 35.9 Å². The van der Waals surface area contributed by atoms with Crippen LogP contribution in [0.5, 0.6) is 0 Å². The molecule has 1 heterocycles. The summed E-state index contributed by atoms with van der Waals surface area (Å²) >= 11 is 0. The lowest BCUT2D eigenvalue weighted by molar-refractivity contribution is -0.142. The summed E-state index contributed by atoms with van der Waals surface area (Å²) in [6.07, 6.45) is 1.25. The SMILES string of the molecule is COC(=O)C(CN(C)CC1CCN(C)C1)c1ccccc1. The number of hydrogen-bond donors (Lipinski definition) is 0. The van der Waals surface area contributed by atoms with E-state index < -0.39 is 0 Å². The molecule has 0 saturated carbocycles. The second-order valence-electron chi connectivity index (χ2n) is 6.12. The molecule has 2 unspecified atom stereocenters. The van der Waals surface area contributed by atoms with E-state index in [-0.39, 0.29) is 11.9 Å². The summed E-state index contributed by atoms with van der Waals surface area (Å²) in [5, 5.41) is 0. The third kappa shape index (κ3) is 4.55. The van der Waals surface area contributed by atoms with Gasteiger partial charge in [-0.1, -0.05) is 30.3 Å². The van der Waals surface area contributed by atoms with Gasteiger partial charge >= 0.3 is 5.97 Å². The van der Waals surface area contributed by atoms with Gasteiger partial charge in [-0.15, -0.1) is 0 Å². The lowest BCUT2D eigenvalue weighted by Gasteiger charge is -2.25. The molecule has 1 aliphatic heterocycles. The summed E-state index contributed by atoms with van der Waals surface area (Å²) < 4.78 is 4.98. The van der Waals surface area contributed by atoms with Crippen LogP contribution in [0.2, 0.25) is 0 Å². The van der Waals surface area contributed by atoms with Gasteiger partial charge in [0, 0.05) is 19.6 Å². The van der Waals surface area contributed by atoms with E-state index in [9.17, 15) is 4.79 Å². The molecule has 1 aliphatic rings. The molecule has 0 aromatic heterocycles. The van der Waals surface area contributed by atoms with Gasteiger partial charge in [-0.3, -0.25) is 4.79 Å². The van der Waals surface area contributed by atoms with Gasteiger partial charge in [-0.2, -0.15) is 0 Å². The van der Waals surface area contributed by atoms with Crippen LogP contribution >= 0.6 is 0 Å². The zero-order valence-electron chi connectivity index (χ0n) is 13.3. The molecule has 1 aromatic rings. The van der Waals surface area contributed by atoms with Gasteiger partial charge < -0.3 is 14.5 Å². The highest BCUT2D eigenvalue weighted by atomic mass is 16.5. The van der Waals surface area contributed by atoms with E-state index in [1.54, 1.807) is 0 Å². The molecule has 0 radical (unpaired) electrons. The van der Waals surface area contributed by atoms with Crippen LogP contribution in [-0.2, 0) is 9.53 Å². The molecule has 0 amide bonds. The third-order valence-electron chi connectivity index (χ3n) is 4.24. The number of hydrogen-bond acceptors (Lipinski definition) is 4. The van der Waals surface area contributed by atoms with Gasteiger partial charge in [0.1, 0.15) is 0 Å². The van der Waals surface area contributed by atoms with Crippen LogP contribution in [0.15, 0.2) is 30.3 Å². The summed E-state index contributed by atoms with van der Waals surface area (Å²) in [5.41, 5.74) is 1.03. The average molecular weight is 290 g/mol. The van der Waals surface area contributed by atoms with E-state index in [1.165, 1.54) is 20.1 Å². The zero-order chi connectivity index (χ0) is 15.2. The highest BCUT2D eigenvalue weighted by Gasteiger charge is 2.26. The minimum atomic E-state index is -0.208. The van der Waals surface area contributed by atoms with Crippen LogP contribution < -0.4 is 0 Å². The smallest absolute Gasteiger partial charge is 0.314 e. The van der Waals surface area contributed by atoms with Crippen molar-refractivity contribution in [2.75, 3.05) is 47.4 Å². The predicted molar refractivity (Wildman–Crippen MR) is 84.3 cm³/mol. The topological polar surface area (TPSA) is 32.8 Å². The van der Waals surface area contributed by atoms with E-state index in [0.717, 1.165) is 18.7 Å². The minimum absolute atomic E-state index is 0.156. The number of methoxy groups -OCH3 is 1. The number of benzene rings is 1. The average Bonchev–Trinajstić information content (AvgIpc) is 2.90. The second-order valence-corrected chi connectivity index (χ2v) is 6.12. The van der Waals surface area contributed by atoms with Crippen molar-refractivity contribution in [2.24, 2.45) is 5.92 Å². The molecule has 4 nitrogen and oxygen atoms in total.